The van der Waals surface area contributed by atoms with Gasteiger partial charge in [0.25, 0.3) is 0 Å². The van der Waals surface area contributed by atoms with Crippen LogP contribution in [0.15, 0.2) is 16.6 Å². The van der Waals surface area contributed by atoms with Crippen molar-refractivity contribution in [2.24, 2.45) is 0 Å². The van der Waals surface area contributed by atoms with E-state index in [1.54, 1.807) is 0 Å². The summed E-state index contributed by atoms with van der Waals surface area (Å²) in [6.45, 7) is 1.95. The fourth-order valence-corrected chi connectivity index (χ4v) is 2.16. The smallest absolute Gasteiger partial charge is 0.0363 e. The van der Waals surface area contributed by atoms with Gasteiger partial charge in [-0.2, -0.15) is 0 Å². The van der Waals surface area contributed by atoms with Crippen molar-refractivity contribution in [3.63, 3.8) is 0 Å². The maximum atomic E-state index is 5.85. The summed E-state index contributed by atoms with van der Waals surface area (Å²) in [5.41, 5.74) is 9.38. The summed E-state index contributed by atoms with van der Waals surface area (Å²) in [7, 11) is 0. The third kappa shape index (κ3) is 1.23. The van der Waals surface area contributed by atoms with Gasteiger partial charge in [-0.25, -0.2) is 0 Å². The van der Waals surface area contributed by atoms with Gasteiger partial charge in [0.2, 0.25) is 0 Å². The second kappa shape index (κ2) is 3.07. The van der Waals surface area contributed by atoms with Gasteiger partial charge in [-0.1, -0.05) is 15.9 Å². The highest BCUT2D eigenvalue weighted by Crippen LogP contribution is 2.27. The minimum absolute atomic E-state index is 0.903. The largest absolute Gasteiger partial charge is 0.398 e. The summed E-state index contributed by atoms with van der Waals surface area (Å²) in [6, 6.07) is 3.98. The van der Waals surface area contributed by atoms with Crippen LogP contribution in [-0.4, -0.2) is 6.54 Å². The maximum absolute atomic E-state index is 5.85. The normalized spacial score (nSPS) is 15.8. The van der Waals surface area contributed by atoms with E-state index in [0.717, 1.165) is 25.2 Å². The molecule has 2 rings (SSSR count). The van der Waals surface area contributed by atoms with Crippen molar-refractivity contribution >= 4 is 21.6 Å². The van der Waals surface area contributed by atoms with E-state index in [-0.39, 0.29) is 0 Å². The monoisotopic (exact) mass is 226 g/mol. The zero-order valence-corrected chi connectivity index (χ0v) is 8.32. The molecule has 0 radical (unpaired) electrons. The van der Waals surface area contributed by atoms with E-state index in [1.807, 2.05) is 12.1 Å². The minimum atomic E-state index is 0.903. The van der Waals surface area contributed by atoms with Crippen LogP contribution in [0.3, 0.4) is 0 Å². The number of anilines is 1. The molecule has 0 amide bonds. The lowest BCUT2D eigenvalue weighted by atomic mass is 10.00. The predicted octanol–water partition coefficient (Wildman–Crippen LogP) is 1.68. The Hall–Kier alpha value is -0.540. The highest BCUT2D eigenvalue weighted by atomic mass is 79.9. The van der Waals surface area contributed by atoms with E-state index in [9.17, 15) is 0 Å². The van der Waals surface area contributed by atoms with E-state index in [0.29, 0.717) is 0 Å². The molecule has 1 aromatic rings. The summed E-state index contributed by atoms with van der Waals surface area (Å²) in [6.07, 6.45) is 1.07. The van der Waals surface area contributed by atoms with Gasteiger partial charge in [0.05, 0.1) is 0 Å². The molecule has 2 nitrogen and oxygen atoms in total. The lowest BCUT2D eigenvalue weighted by Gasteiger charge is -2.19. The molecule has 0 saturated carbocycles. The highest BCUT2D eigenvalue weighted by molar-refractivity contribution is 9.10. The first kappa shape index (κ1) is 8.08. The molecule has 0 spiro atoms. The SMILES string of the molecule is Nc1ccc(Br)c2c1CNCC2. The molecule has 1 heterocycles. The molecule has 0 fully saturated rings. The van der Waals surface area contributed by atoms with Gasteiger partial charge < -0.3 is 11.1 Å². The van der Waals surface area contributed by atoms with Crippen LogP contribution in [0.5, 0.6) is 0 Å². The third-order valence-corrected chi connectivity index (χ3v) is 3.01. The average molecular weight is 227 g/mol. The van der Waals surface area contributed by atoms with Gasteiger partial charge in [-0.15, -0.1) is 0 Å². The Kier molecular flexibility index (Phi) is 2.07. The lowest BCUT2D eigenvalue weighted by Crippen LogP contribution is -2.24. The van der Waals surface area contributed by atoms with Crippen LogP contribution in [0.25, 0.3) is 0 Å². The molecule has 3 N–H and O–H groups in total. The summed E-state index contributed by atoms with van der Waals surface area (Å²) in [5, 5.41) is 3.31. The Bertz CT molecular complexity index is 279. The molecule has 0 saturated heterocycles. The predicted molar refractivity (Wildman–Crippen MR) is 54.0 cm³/mol. The van der Waals surface area contributed by atoms with E-state index in [1.165, 1.54) is 15.6 Å². The van der Waals surface area contributed by atoms with Crippen LogP contribution in [0.2, 0.25) is 0 Å². The van der Waals surface area contributed by atoms with Crippen molar-refractivity contribution in [1.29, 1.82) is 0 Å². The molecule has 1 aromatic carbocycles. The number of benzene rings is 1. The highest BCUT2D eigenvalue weighted by Gasteiger charge is 2.13. The number of nitrogens with one attached hydrogen (secondary N) is 1. The van der Waals surface area contributed by atoms with Crippen molar-refractivity contribution in [1.82, 2.24) is 5.32 Å². The van der Waals surface area contributed by atoms with Crippen molar-refractivity contribution in [3.8, 4) is 0 Å². The first-order valence-electron chi connectivity index (χ1n) is 4.05. The number of halogens is 1. The van der Waals surface area contributed by atoms with Crippen molar-refractivity contribution in [2.45, 2.75) is 13.0 Å². The first-order chi connectivity index (χ1) is 5.79. The second-order valence-corrected chi connectivity index (χ2v) is 3.87. The van der Waals surface area contributed by atoms with Gasteiger partial charge in [-0.05, 0) is 36.2 Å². The Morgan fingerprint density at radius 2 is 2.17 bits per heavy atom. The number of fused-ring (bicyclic) bond motifs is 1. The van der Waals surface area contributed by atoms with Crippen LogP contribution >= 0.6 is 15.9 Å². The zero-order valence-electron chi connectivity index (χ0n) is 6.73. The van der Waals surface area contributed by atoms with Crippen LogP contribution in [0.4, 0.5) is 5.69 Å². The van der Waals surface area contributed by atoms with Crippen LogP contribution in [0.1, 0.15) is 11.1 Å². The summed E-state index contributed by atoms with van der Waals surface area (Å²) >= 11 is 3.53. The molecule has 0 aromatic heterocycles. The van der Waals surface area contributed by atoms with Crippen molar-refractivity contribution < 1.29 is 0 Å². The summed E-state index contributed by atoms with van der Waals surface area (Å²) in [5.74, 6) is 0. The van der Waals surface area contributed by atoms with Crippen molar-refractivity contribution in [2.75, 3.05) is 12.3 Å². The van der Waals surface area contributed by atoms with Crippen LogP contribution in [-0.2, 0) is 13.0 Å². The molecule has 12 heavy (non-hydrogen) atoms. The Morgan fingerprint density at radius 3 is 2.92 bits per heavy atom. The molecule has 0 bridgehead atoms. The maximum Gasteiger partial charge on any atom is 0.0363 e. The Morgan fingerprint density at radius 1 is 1.33 bits per heavy atom. The fraction of sp³-hybridized carbons (Fsp3) is 0.333. The molecular weight excluding hydrogens is 216 g/mol. The Labute approximate surface area is 80.3 Å². The van der Waals surface area contributed by atoms with Crippen LogP contribution in [0, 0.1) is 0 Å². The van der Waals surface area contributed by atoms with E-state index in [2.05, 4.69) is 21.2 Å². The first-order valence-corrected chi connectivity index (χ1v) is 4.85. The third-order valence-electron chi connectivity index (χ3n) is 2.26. The number of nitrogen functional groups attached to an aromatic ring is 1. The van der Waals surface area contributed by atoms with Gasteiger partial charge in [0, 0.05) is 16.7 Å². The molecule has 0 aliphatic carbocycles. The number of rotatable bonds is 0. The molecule has 0 unspecified atom stereocenters. The van der Waals surface area contributed by atoms with Crippen molar-refractivity contribution in [3.05, 3.63) is 27.7 Å². The topological polar surface area (TPSA) is 38.0 Å². The Balaban J connectivity index is 2.57. The molecule has 1 aliphatic rings. The van der Waals surface area contributed by atoms with E-state index in [4.69, 9.17) is 5.73 Å². The lowest BCUT2D eigenvalue weighted by molar-refractivity contribution is 0.643. The van der Waals surface area contributed by atoms with Gasteiger partial charge in [0.1, 0.15) is 0 Å². The minimum Gasteiger partial charge on any atom is -0.398 e. The molecular formula is C9H11BrN2. The quantitative estimate of drug-likeness (QED) is 0.661. The zero-order chi connectivity index (χ0) is 8.55. The molecule has 1 aliphatic heterocycles. The number of hydrogen-bond donors (Lipinski definition) is 2. The van der Waals surface area contributed by atoms with Crippen LogP contribution < -0.4 is 11.1 Å². The molecule has 64 valence electrons. The van der Waals surface area contributed by atoms with E-state index >= 15 is 0 Å². The van der Waals surface area contributed by atoms with Gasteiger partial charge in [-0.3, -0.25) is 0 Å². The molecule has 0 atom stereocenters. The van der Waals surface area contributed by atoms with Gasteiger partial charge in [0.15, 0.2) is 0 Å². The second-order valence-electron chi connectivity index (χ2n) is 3.02. The number of nitrogens with two attached hydrogens (primary N) is 1. The molecule has 3 heteroatoms. The standard InChI is InChI=1S/C9H11BrN2/c10-8-1-2-9(11)7-5-12-4-3-6(7)8/h1-2,12H,3-5,11H2. The van der Waals surface area contributed by atoms with E-state index < -0.39 is 0 Å². The summed E-state index contributed by atoms with van der Waals surface area (Å²) < 4.78 is 1.19. The summed E-state index contributed by atoms with van der Waals surface area (Å²) in [4.78, 5) is 0. The number of hydrogen-bond acceptors (Lipinski definition) is 2. The average Bonchev–Trinajstić information content (AvgIpc) is 2.12. The fourth-order valence-electron chi connectivity index (χ4n) is 1.59. The van der Waals surface area contributed by atoms with Gasteiger partial charge >= 0.3 is 0 Å².